The highest BCUT2D eigenvalue weighted by molar-refractivity contribution is 5.94. The van der Waals surface area contributed by atoms with Crippen molar-refractivity contribution in [2.75, 3.05) is 13.1 Å². The van der Waals surface area contributed by atoms with Crippen LogP contribution in [0.5, 0.6) is 0 Å². The second-order valence-corrected chi connectivity index (χ2v) is 7.98. The second kappa shape index (κ2) is 15.7. The predicted molar refractivity (Wildman–Crippen MR) is 131 cm³/mol. The zero-order valence-electron chi connectivity index (χ0n) is 19.8. The van der Waals surface area contributed by atoms with Crippen LogP contribution < -0.4 is 38.9 Å². The Bertz CT molecular complexity index is 936. The Balaban J connectivity index is 2.93. The first-order valence-corrected chi connectivity index (χ1v) is 11.2. The summed E-state index contributed by atoms with van der Waals surface area (Å²) in [6.07, 6.45) is 0.336. The highest BCUT2D eigenvalue weighted by Gasteiger charge is 2.28. The molecule has 0 saturated heterocycles. The fourth-order valence-electron chi connectivity index (χ4n) is 3.10. The van der Waals surface area contributed by atoms with Gasteiger partial charge in [0.2, 0.25) is 23.6 Å². The topological polar surface area (TPSA) is 258 Å². The average Bonchev–Trinajstić information content (AvgIpc) is 2.82. The molecular weight excluding hydrogens is 472 g/mol. The summed E-state index contributed by atoms with van der Waals surface area (Å²) < 4.78 is 0. The Hall–Kier alpha value is -4.20. The number of amides is 4. The largest absolute Gasteiger partial charge is 0.480 e. The number of hydrogen-bond acceptors (Lipinski definition) is 7. The third kappa shape index (κ3) is 12.3. The lowest BCUT2D eigenvalue weighted by Crippen LogP contribution is -2.56. The molecule has 3 unspecified atom stereocenters. The number of carbonyl (C=O) groups is 5. The SMILES string of the molecule is NC(=O)CCC(NC(=O)C(N)CCCN=C(N)N)C(=O)NC(Cc1ccccc1)C(=O)NCC(=O)O. The van der Waals surface area contributed by atoms with E-state index in [1.54, 1.807) is 30.3 Å². The summed E-state index contributed by atoms with van der Waals surface area (Å²) >= 11 is 0. The van der Waals surface area contributed by atoms with E-state index in [4.69, 9.17) is 28.0 Å². The van der Waals surface area contributed by atoms with Crippen molar-refractivity contribution in [2.24, 2.45) is 27.9 Å². The summed E-state index contributed by atoms with van der Waals surface area (Å²) in [6, 6.07) is 5.37. The van der Waals surface area contributed by atoms with Crippen LogP contribution in [0.25, 0.3) is 0 Å². The molecule has 12 N–H and O–H groups in total. The number of nitrogens with two attached hydrogens (primary N) is 4. The van der Waals surface area contributed by atoms with Crippen LogP contribution in [0.15, 0.2) is 35.3 Å². The van der Waals surface area contributed by atoms with Crippen LogP contribution in [0, 0.1) is 0 Å². The Labute approximate surface area is 208 Å². The fourth-order valence-corrected chi connectivity index (χ4v) is 3.10. The first kappa shape index (κ1) is 29.8. The molecule has 198 valence electrons. The number of carboxylic acid groups (broad SMARTS) is 1. The Morgan fingerprint density at radius 2 is 1.53 bits per heavy atom. The first-order valence-electron chi connectivity index (χ1n) is 11.2. The minimum absolute atomic E-state index is 0.0544. The van der Waals surface area contributed by atoms with Crippen molar-refractivity contribution in [2.45, 2.75) is 50.2 Å². The van der Waals surface area contributed by atoms with Gasteiger partial charge in [0.05, 0.1) is 6.04 Å². The molecule has 0 spiro atoms. The summed E-state index contributed by atoms with van der Waals surface area (Å²) in [4.78, 5) is 64.1. The number of rotatable bonds is 16. The van der Waals surface area contributed by atoms with Crippen LogP contribution >= 0.6 is 0 Å². The Morgan fingerprint density at radius 1 is 0.889 bits per heavy atom. The lowest BCUT2D eigenvalue weighted by molar-refractivity contribution is -0.138. The molecule has 4 amide bonds. The number of primary amides is 1. The van der Waals surface area contributed by atoms with Gasteiger partial charge < -0.3 is 44.0 Å². The smallest absolute Gasteiger partial charge is 0.322 e. The molecule has 0 aliphatic rings. The molecular formula is C22H34N8O6. The zero-order valence-corrected chi connectivity index (χ0v) is 19.8. The van der Waals surface area contributed by atoms with Crippen molar-refractivity contribution in [3.05, 3.63) is 35.9 Å². The Morgan fingerprint density at radius 3 is 2.11 bits per heavy atom. The maximum absolute atomic E-state index is 13.0. The maximum Gasteiger partial charge on any atom is 0.322 e. The van der Waals surface area contributed by atoms with E-state index in [2.05, 4.69) is 20.9 Å². The van der Waals surface area contributed by atoms with E-state index >= 15 is 0 Å². The Kier molecular flexibility index (Phi) is 13.0. The normalized spacial score (nSPS) is 12.9. The first-order chi connectivity index (χ1) is 17.0. The van der Waals surface area contributed by atoms with E-state index < -0.39 is 54.3 Å². The molecule has 0 bridgehead atoms. The van der Waals surface area contributed by atoms with Gasteiger partial charge in [-0.25, -0.2) is 0 Å². The zero-order chi connectivity index (χ0) is 27.1. The molecule has 0 heterocycles. The second-order valence-electron chi connectivity index (χ2n) is 7.98. The maximum atomic E-state index is 13.0. The van der Waals surface area contributed by atoms with E-state index in [1.165, 1.54) is 0 Å². The van der Waals surface area contributed by atoms with Crippen LogP contribution in [0.4, 0.5) is 0 Å². The summed E-state index contributed by atoms with van der Waals surface area (Å²) in [7, 11) is 0. The quantitative estimate of drug-likeness (QED) is 0.0646. The van der Waals surface area contributed by atoms with Gasteiger partial charge in [-0.2, -0.15) is 0 Å². The van der Waals surface area contributed by atoms with Gasteiger partial charge in [-0.05, 0) is 24.8 Å². The summed E-state index contributed by atoms with van der Waals surface area (Å²) in [5.41, 5.74) is 22.3. The highest BCUT2D eigenvalue weighted by atomic mass is 16.4. The molecule has 1 rings (SSSR count). The number of carboxylic acids is 1. The number of hydrogen-bond donors (Lipinski definition) is 8. The van der Waals surface area contributed by atoms with Crippen LogP contribution in [0.1, 0.15) is 31.2 Å². The molecule has 0 fully saturated rings. The summed E-state index contributed by atoms with van der Waals surface area (Å²) in [6.45, 7) is -0.377. The lowest BCUT2D eigenvalue weighted by Gasteiger charge is -2.24. The molecule has 1 aromatic rings. The molecule has 14 heteroatoms. The monoisotopic (exact) mass is 506 g/mol. The number of aliphatic imine (C=N–C) groups is 1. The van der Waals surface area contributed by atoms with Gasteiger partial charge in [0.15, 0.2) is 5.96 Å². The van der Waals surface area contributed by atoms with Gasteiger partial charge in [-0.3, -0.25) is 29.0 Å². The van der Waals surface area contributed by atoms with Gasteiger partial charge in [0.1, 0.15) is 18.6 Å². The third-order valence-electron chi connectivity index (χ3n) is 4.95. The number of aliphatic carboxylic acids is 1. The van der Waals surface area contributed by atoms with E-state index in [0.29, 0.717) is 12.0 Å². The molecule has 0 aliphatic carbocycles. The number of carbonyl (C=O) groups excluding carboxylic acids is 4. The summed E-state index contributed by atoms with van der Waals surface area (Å²) in [5, 5.41) is 16.1. The van der Waals surface area contributed by atoms with Gasteiger partial charge in [0, 0.05) is 19.4 Å². The van der Waals surface area contributed by atoms with Crippen molar-refractivity contribution in [3.8, 4) is 0 Å². The standard InChI is InChI=1S/C22H34N8O6/c23-14(7-4-10-27-22(25)26)19(34)29-15(8-9-17(24)31)21(36)30-16(20(35)28-12-18(32)33)11-13-5-2-1-3-6-13/h1-3,5-6,14-16H,4,7-12,23H2,(H2,24,31)(H,28,35)(H,29,34)(H,30,36)(H,32,33)(H4,25,26,27). The molecule has 0 saturated carbocycles. The lowest BCUT2D eigenvalue weighted by atomic mass is 10.0. The van der Waals surface area contributed by atoms with E-state index in [9.17, 15) is 24.0 Å². The van der Waals surface area contributed by atoms with Gasteiger partial charge in [0.25, 0.3) is 0 Å². The third-order valence-corrected chi connectivity index (χ3v) is 4.95. The molecule has 0 radical (unpaired) electrons. The summed E-state index contributed by atoms with van der Waals surface area (Å²) in [5.74, 6) is -4.18. The van der Waals surface area contributed by atoms with Crippen LogP contribution in [-0.4, -0.2) is 71.9 Å². The molecule has 0 aliphatic heterocycles. The number of benzene rings is 1. The van der Waals surface area contributed by atoms with E-state index in [0.717, 1.165) is 0 Å². The molecule has 14 nitrogen and oxygen atoms in total. The van der Waals surface area contributed by atoms with Crippen molar-refractivity contribution in [1.29, 1.82) is 0 Å². The van der Waals surface area contributed by atoms with Crippen molar-refractivity contribution in [1.82, 2.24) is 16.0 Å². The van der Waals surface area contributed by atoms with Crippen LogP contribution in [-0.2, 0) is 30.4 Å². The predicted octanol–water partition coefficient (Wildman–Crippen LogP) is -2.95. The number of nitrogens with zero attached hydrogens (tertiary/aromatic N) is 1. The fraction of sp³-hybridized carbons (Fsp3) is 0.455. The van der Waals surface area contributed by atoms with Crippen molar-refractivity contribution in [3.63, 3.8) is 0 Å². The number of guanidine groups is 1. The molecule has 0 aromatic heterocycles. The van der Waals surface area contributed by atoms with E-state index in [-0.39, 0.29) is 38.2 Å². The molecule has 1 aromatic carbocycles. The molecule has 3 atom stereocenters. The highest BCUT2D eigenvalue weighted by Crippen LogP contribution is 2.06. The van der Waals surface area contributed by atoms with Crippen LogP contribution in [0.2, 0.25) is 0 Å². The number of nitrogens with one attached hydrogen (secondary N) is 3. The minimum Gasteiger partial charge on any atom is -0.480 e. The molecule has 36 heavy (non-hydrogen) atoms. The van der Waals surface area contributed by atoms with Gasteiger partial charge in [-0.1, -0.05) is 30.3 Å². The van der Waals surface area contributed by atoms with Gasteiger partial charge in [-0.15, -0.1) is 0 Å². The van der Waals surface area contributed by atoms with Crippen molar-refractivity contribution >= 4 is 35.6 Å². The van der Waals surface area contributed by atoms with Gasteiger partial charge >= 0.3 is 5.97 Å². The van der Waals surface area contributed by atoms with E-state index in [1.807, 2.05) is 0 Å². The van der Waals surface area contributed by atoms with Crippen molar-refractivity contribution < 1.29 is 29.1 Å². The average molecular weight is 507 g/mol. The minimum atomic E-state index is -1.26. The van der Waals surface area contributed by atoms with Crippen LogP contribution in [0.3, 0.4) is 0 Å².